The molecule has 1 aromatic carbocycles. The molecule has 0 aliphatic rings. The molecule has 0 saturated heterocycles. The molecule has 0 atom stereocenters. The van der Waals surface area contributed by atoms with E-state index in [1.165, 1.54) is 6.07 Å². The second kappa shape index (κ2) is 5.49. The van der Waals surface area contributed by atoms with Crippen molar-refractivity contribution in [1.82, 2.24) is 9.88 Å². The molecule has 0 unspecified atom stereocenters. The monoisotopic (exact) mass is 274 g/mol. The Bertz CT molecular complexity index is 644. The summed E-state index contributed by atoms with van der Waals surface area (Å²) in [6, 6.07) is 8.42. The Balaban J connectivity index is 2.50. The van der Waals surface area contributed by atoms with Gasteiger partial charge in [0, 0.05) is 17.4 Å². The largest absolute Gasteiger partial charge is 0.350 e. The van der Waals surface area contributed by atoms with Crippen LogP contribution >= 0.6 is 0 Å². The molecule has 2 rings (SSSR count). The van der Waals surface area contributed by atoms with E-state index in [4.69, 9.17) is 0 Å². The van der Waals surface area contributed by atoms with Crippen LogP contribution in [0.3, 0.4) is 0 Å². The highest BCUT2D eigenvalue weighted by Gasteiger charge is 2.18. The molecule has 0 radical (unpaired) electrons. The summed E-state index contributed by atoms with van der Waals surface area (Å²) in [5, 5.41) is 2.86. The van der Waals surface area contributed by atoms with Gasteiger partial charge in [-0.05, 0) is 45.9 Å². The van der Waals surface area contributed by atoms with Crippen molar-refractivity contribution in [2.75, 3.05) is 0 Å². The minimum Gasteiger partial charge on any atom is -0.350 e. The first-order chi connectivity index (χ1) is 9.41. The van der Waals surface area contributed by atoms with Gasteiger partial charge in [-0.3, -0.25) is 4.79 Å². The molecule has 1 aromatic heterocycles. The van der Waals surface area contributed by atoms with E-state index < -0.39 is 0 Å². The molecule has 0 aliphatic heterocycles. The van der Waals surface area contributed by atoms with E-state index >= 15 is 0 Å². The zero-order valence-corrected chi connectivity index (χ0v) is 12.2. The molecule has 2 aromatic rings. The minimum absolute atomic E-state index is 0.0685. The molecule has 0 fully saturated rings. The maximum absolute atomic E-state index is 13.9. The number of para-hydroxylation sites is 1. The van der Waals surface area contributed by atoms with Crippen molar-refractivity contribution >= 4 is 5.91 Å². The Labute approximate surface area is 118 Å². The maximum atomic E-state index is 13.9. The summed E-state index contributed by atoms with van der Waals surface area (Å²) in [5.74, 6) is -0.430. The third kappa shape index (κ3) is 2.59. The molecule has 0 aliphatic carbocycles. The highest BCUT2D eigenvalue weighted by Crippen LogP contribution is 2.22. The predicted molar refractivity (Wildman–Crippen MR) is 77.8 cm³/mol. The quantitative estimate of drug-likeness (QED) is 0.914. The number of benzene rings is 1. The second-order valence-corrected chi connectivity index (χ2v) is 5.20. The number of aromatic nitrogens is 1. The van der Waals surface area contributed by atoms with E-state index in [9.17, 15) is 9.18 Å². The number of nitrogens with zero attached hydrogens (tertiary/aromatic N) is 1. The standard InChI is InChI=1S/C16H19FN2O/c1-10(2)18-16(20)13-9-11(3)19(12(13)4)15-8-6-5-7-14(15)17/h5-10H,1-4H3,(H,18,20). The van der Waals surface area contributed by atoms with E-state index in [0.29, 0.717) is 11.3 Å². The van der Waals surface area contributed by atoms with Gasteiger partial charge in [0.1, 0.15) is 5.82 Å². The lowest BCUT2D eigenvalue weighted by molar-refractivity contribution is 0.0942. The van der Waals surface area contributed by atoms with Crippen molar-refractivity contribution in [3.05, 3.63) is 53.1 Å². The third-order valence-electron chi connectivity index (χ3n) is 3.19. The number of hydrogen-bond donors (Lipinski definition) is 1. The molecular weight excluding hydrogens is 255 g/mol. The average Bonchev–Trinajstić information content (AvgIpc) is 2.65. The lowest BCUT2D eigenvalue weighted by atomic mass is 10.2. The van der Waals surface area contributed by atoms with Crippen molar-refractivity contribution < 1.29 is 9.18 Å². The van der Waals surface area contributed by atoms with E-state index in [1.54, 1.807) is 28.8 Å². The summed E-state index contributed by atoms with van der Waals surface area (Å²) in [7, 11) is 0. The number of carbonyl (C=O) groups is 1. The Morgan fingerprint density at radius 1 is 1.25 bits per heavy atom. The fraction of sp³-hybridized carbons (Fsp3) is 0.312. The lowest BCUT2D eigenvalue weighted by Crippen LogP contribution is -2.30. The van der Waals surface area contributed by atoms with Crippen molar-refractivity contribution in [3.8, 4) is 5.69 Å². The van der Waals surface area contributed by atoms with Gasteiger partial charge >= 0.3 is 0 Å². The highest BCUT2D eigenvalue weighted by atomic mass is 19.1. The van der Waals surface area contributed by atoms with Crippen LogP contribution in [0.25, 0.3) is 5.69 Å². The van der Waals surface area contributed by atoms with Gasteiger partial charge < -0.3 is 9.88 Å². The topological polar surface area (TPSA) is 34.0 Å². The van der Waals surface area contributed by atoms with Crippen LogP contribution < -0.4 is 5.32 Å². The zero-order chi connectivity index (χ0) is 14.9. The number of nitrogens with one attached hydrogen (secondary N) is 1. The molecule has 0 saturated carbocycles. The number of rotatable bonds is 3. The highest BCUT2D eigenvalue weighted by molar-refractivity contribution is 5.96. The fourth-order valence-electron chi connectivity index (χ4n) is 2.34. The van der Waals surface area contributed by atoms with Gasteiger partial charge in [-0.1, -0.05) is 12.1 Å². The normalized spacial score (nSPS) is 10.9. The van der Waals surface area contributed by atoms with E-state index in [-0.39, 0.29) is 17.8 Å². The SMILES string of the molecule is Cc1cc(C(=O)NC(C)C)c(C)n1-c1ccccc1F. The van der Waals surface area contributed by atoms with Gasteiger partial charge in [0.25, 0.3) is 5.91 Å². The van der Waals surface area contributed by atoms with Gasteiger partial charge in [0.15, 0.2) is 0 Å². The fourth-order valence-corrected chi connectivity index (χ4v) is 2.34. The van der Waals surface area contributed by atoms with Crippen LogP contribution in [-0.4, -0.2) is 16.5 Å². The Morgan fingerprint density at radius 3 is 2.50 bits per heavy atom. The maximum Gasteiger partial charge on any atom is 0.253 e. The van der Waals surface area contributed by atoms with Crippen molar-refractivity contribution in [2.24, 2.45) is 0 Å². The number of carbonyl (C=O) groups excluding carboxylic acids is 1. The van der Waals surface area contributed by atoms with Gasteiger partial charge in [0.05, 0.1) is 11.3 Å². The molecule has 1 heterocycles. The van der Waals surface area contributed by atoms with Gasteiger partial charge in [-0.15, -0.1) is 0 Å². The number of aryl methyl sites for hydroxylation is 1. The summed E-state index contributed by atoms with van der Waals surface area (Å²) < 4.78 is 15.7. The van der Waals surface area contributed by atoms with Crippen molar-refractivity contribution in [1.29, 1.82) is 0 Å². The summed E-state index contributed by atoms with van der Waals surface area (Å²) in [4.78, 5) is 12.1. The zero-order valence-electron chi connectivity index (χ0n) is 12.2. The Hall–Kier alpha value is -2.10. The summed E-state index contributed by atoms with van der Waals surface area (Å²) in [6.07, 6.45) is 0. The van der Waals surface area contributed by atoms with E-state index in [2.05, 4.69) is 5.32 Å². The molecule has 3 nitrogen and oxygen atoms in total. The van der Waals surface area contributed by atoms with Crippen LogP contribution in [0.1, 0.15) is 35.6 Å². The summed E-state index contributed by atoms with van der Waals surface area (Å²) >= 11 is 0. The minimum atomic E-state index is -0.301. The van der Waals surface area contributed by atoms with Gasteiger partial charge in [-0.25, -0.2) is 4.39 Å². The predicted octanol–water partition coefficient (Wildman–Crippen LogP) is 3.37. The molecule has 106 valence electrons. The van der Waals surface area contributed by atoms with Crippen molar-refractivity contribution in [2.45, 2.75) is 33.7 Å². The summed E-state index contributed by atoms with van der Waals surface area (Å²) in [6.45, 7) is 7.52. The number of halogens is 1. The smallest absolute Gasteiger partial charge is 0.253 e. The van der Waals surface area contributed by atoms with E-state index in [1.807, 2.05) is 27.7 Å². The second-order valence-electron chi connectivity index (χ2n) is 5.20. The van der Waals surface area contributed by atoms with Crippen LogP contribution in [0.15, 0.2) is 30.3 Å². The molecule has 1 amide bonds. The Kier molecular flexibility index (Phi) is 3.93. The van der Waals surface area contributed by atoms with Crippen LogP contribution in [0.4, 0.5) is 4.39 Å². The van der Waals surface area contributed by atoms with Gasteiger partial charge in [-0.2, -0.15) is 0 Å². The average molecular weight is 274 g/mol. The molecule has 20 heavy (non-hydrogen) atoms. The lowest BCUT2D eigenvalue weighted by Gasteiger charge is -2.11. The number of amides is 1. The number of hydrogen-bond acceptors (Lipinski definition) is 1. The van der Waals surface area contributed by atoms with E-state index in [0.717, 1.165) is 11.4 Å². The van der Waals surface area contributed by atoms with Gasteiger partial charge in [0.2, 0.25) is 0 Å². The Morgan fingerprint density at radius 2 is 1.90 bits per heavy atom. The van der Waals surface area contributed by atoms with Crippen LogP contribution in [0, 0.1) is 19.7 Å². The molecule has 4 heteroatoms. The van der Waals surface area contributed by atoms with Crippen LogP contribution in [0.5, 0.6) is 0 Å². The first kappa shape index (κ1) is 14.3. The molecule has 0 spiro atoms. The van der Waals surface area contributed by atoms with Crippen LogP contribution in [0.2, 0.25) is 0 Å². The van der Waals surface area contributed by atoms with Crippen molar-refractivity contribution in [3.63, 3.8) is 0 Å². The summed E-state index contributed by atoms with van der Waals surface area (Å²) in [5.41, 5.74) is 2.62. The molecule has 1 N–H and O–H groups in total. The molecular formula is C16H19FN2O. The van der Waals surface area contributed by atoms with Crippen LogP contribution in [-0.2, 0) is 0 Å². The third-order valence-corrected chi connectivity index (χ3v) is 3.19. The molecule has 0 bridgehead atoms. The first-order valence-electron chi connectivity index (χ1n) is 6.66. The first-order valence-corrected chi connectivity index (χ1v) is 6.66.